The van der Waals surface area contributed by atoms with Gasteiger partial charge in [0.1, 0.15) is 5.56 Å². The van der Waals surface area contributed by atoms with Gasteiger partial charge >= 0.3 is 0 Å². The summed E-state index contributed by atoms with van der Waals surface area (Å²) in [7, 11) is 0. The highest BCUT2D eigenvalue weighted by Gasteiger charge is 2.06. The minimum absolute atomic E-state index is 0.00301. The van der Waals surface area contributed by atoms with Gasteiger partial charge in [-0.25, -0.2) is 0 Å². The fraction of sp³-hybridized carbons (Fsp3) is 0.111. The van der Waals surface area contributed by atoms with E-state index in [4.69, 9.17) is 0 Å². The molecule has 1 aromatic rings. The molecule has 0 N–H and O–H groups in total. The van der Waals surface area contributed by atoms with Crippen molar-refractivity contribution in [2.45, 2.75) is 6.92 Å². The van der Waals surface area contributed by atoms with Gasteiger partial charge in [0, 0.05) is 5.56 Å². The Morgan fingerprint density at radius 2 is 2.17 bits per heavy atom. The van der Waals surface area contributed by atoms with Crippen molar-refractivity contribution >= 4 is 18.6 Å². The molecular weight excluding hydrogens is 170 g/mol. The Morgan fingerprint density at radius 3 is 2.75 bits per heavy atom. The highest BCUT2D eigenvalue weighted by molar-refractivity contribution is 7.61. The van der Waals surface area contributed by atoms with Crippen molar-refractivity contribution in [1.82, 2.24) is 0 Å². The molecule has 0 unspecified atom stereocenters. The molecule has 0 saturated carbocycles. The van der Waals surface area contributed by atoms with Crippen LogP contribution in [0.5, 0.6) is 0 Å². The molecule has 0 bridgehead atoms. The number of nitrogens with zero attached hydrogens (tertiary/aromatic N) is 1. The lowest BCUT2D eigenvalue weighted by atomic mass is 10.1. The lowest BCUT2D eigenvalue weighted by molar-refractivity contribution is 0.101. The van der Waals surface area contributed by atoms with Crippen LogP contribution >= 0.6 is 0 Å². The molecule has 12 heavy (non-hydrogen) atoms. The molecular formula is C9H7NOS. The van der Waals surface area contributed by atoms with E-state index in [0.717, 1.165) is 0 Å². The number of Topliss-reactive ketones (excluding diaryl/α,β-unsaturated/α-hetero) is 1. The number of hydrogen-bond donors (Lipinski definition) is 0. The number of ketones is 1. The second kappa shape index (κ2) is 3.84. The average Bonchev–Trinajstić information content (AvgIpc) is 2.05. The summed E-state index contributed by atoms with van der Waals surface area (Å²) in [4.78, 5) is 11.0. The Hall–Kier alpha value is -1.40. The standard InChI is InChI=1S/C9H7NOS/c1-7(11)9-5-3-2-4-8(9)6-10-12/h2-5H,1H3. The third-order valence-corrected chi connectivity index (χ3v) is 1.56. The van der Waals surface area contributed by atoms with Crippen molar-refractivity contribution in [1.29, 1.82) is 0 Å². The average molecular weight is 177 g/mol. The van der Waals surface area contributed by atoms with Crippen LogP contribution in [0.3, 0.4) is 0 Å². The van der Waals surface area contributed by atoms with Crippen LogP contribution in [-0.4, -0.2) is 5.78 Å². The topological polar surface area (TPSA) is 21.4 Å². The summed E-state index contributed by atoms with van der Waals surface area (Å²) in [5, 5.41) is 0. The fourth-order valence-corrected chi connectivity index (χ4v) is 1.04. The second-order valence-electron chi connectivity index (χ2n) is 2.30. The molecule has 0 aliphatic rings. The molecule has 60 valence electrons. The maximum absolute atomic E-state index is 11.0. The van der Waals surface area contributed by atoms with Crippen molar-refractivity contribution in [2.75, 3.05) is 0 Å². The summed E-state index contributed by atoms with van der Waals surface area (Å²) in [5.74, 6) is -0.00301. The van der Waals surface area contributed by atoms with Gasteiger partial charge in [0.05, 0.1) is 0 Å². The van der Waals surface area contributed by atoms with Gasteiger partial charge in [0.25, 0.3) is 6.07 Å². The first-order valence-electron chi connectivity index (χ1n) is 3.44. The summed E-state index contributed by atoms with van der Waals surface area (Å²) < 4.78 is 3.33. The molecule has 0 saturated heterocycles. The third-order valence-electron chi connectivity index (χ3n) is 1.47. The molecule has 1 aromatic carbocycles. The first-order valence-corrected chi connectivity index (χ1v) is 3.80. The summed E-state index contributed by atoms with van der Waals surface area (Å²) in [5.41, 5.74) is 1.26. The summed E-state index contributed by atoms with van der Waals surface area (Å²) in [6, 6.07) is 9.67. The second-order valence-corrected chi connectivity index (χ2v) is 2.49. The number of hydrogen-bond acceptors (Lipinski definition) is 2. The van der Waals surface area contributed by atoms with E-state index in [1.54, 1.807) is 18.2 Å². The lowest BCUT2D eigenvalue weighted by Crippen LogP contribution is -1.95. The van der Waals surface area contributed by atoms with Crippen molar-refractivity contribution in [3.05, 3.63) is 39.6 Å². The van der Waals surface area contributed by atoms with Crippen LogP contribution in [0.25, 0.3) is 4.25 Å². The van der Waals surface area contributed by atoms with Crippen LogP contribution in [0.2, 0.25) is 0 Å². The van der Waals surface area contributed by atoms with Crippen molar-refractivity contribution in [2.24, 2.45) is 0 Å². The van der Waals surface area contributed by atoms with Gasteiger partial charge in [-0.1, -0.05) is 12.1 Å². The molecule has 0 amide bonds. The normalized spacial score (nSPS) is 8.42. The van der Waals surface area contributed by atoms with Crippen LogP contribution in [0.15, 0.2) is 24.3 Å². The van der Waals surface area contributed by atoms with Gasteiger partial charge < -0.3 is 0 Å². The zero-order valence-electron chi connectivity index (χ0n) is 6.57. The van der Waals surface area contributed by atoms with E-state index in [1.807, 2.05) is 6.07 Å². The molecule has 0 fully saturated rings. The van der Waals surface area contributed by atoms with Gasteiger partial charge in [-0.05, 0) is 19.1 Å². The van der Waals surface area contributed by atoms with E-state index < -0.39 is 0 Å². The maximum atomic E-state index is 11.0. The number of rotatable bonds is 1. The van der Waals surface area contributed by atoms with Gasteiger partial charge in [0.2, 0.25) is 0 Å². The predicted molar refractivity (Wildman–Crippen MR) is 50.2 cm³/mol. The van der Waals surface area contributed by atoms with Crippen molar-refractivity contribution < 1.29 is 4.79 Å². The smallest absolute Gasteiger partial charge is 0.291 e. The highest BCUT2D eigenvalue weighted by Crippen LogP contribution is 2.07. The Labute approximate surface area is 76.6 Å². The Morgan fingerprint density at radius 1 is 1.50 bits per heavy atom. The predicted octanol–water partition coefficient (Wildman–Crippen LogP) is 2.03. The zero-order valence-corrected chi connectivity index (χ0v) is 7.39. The molecule has 3 heteroatoms. The summed E-state index contributed by atoms with van der Waals surface area (Å²) >= 11 is 4.38. The fourth-order valence-electron chi connectivity index (χ4n) is 0.937. The van der Waals surface area contributed by atoms with E-state index in [2.05, 4.69) is 23.1 Å². The summed E-state index contributed by atoms with van der Waals surface area (Å²) in [6.45, 7) is 1.50. The third kappa shape index (κ3) is 1.80. The van der Waals surface area contributed by atoms with E-state index >= 15 is 0 Å². The Bertz CT molecular complexity index is 362. The van der Waals surface area contributed by atoms with E-state index in [-0.39, 0.29) is 5.78 Å². The molecule has 0 spiro atoms. The Balaban J connectivity index is 3.23. The molecule has 0 atom stereocenters. The molecule has 0 radical (unpaired) electrons. The SMILES string of the molecule is CC(=O)c1ccccc1C#[N+][S-]. The van der Waals surface area contributed by atoms with Crippen LogP contribution < -0.4 is 0 Å². The number of benzene rings is 1. The van der Waals surface area contributed by atoms with Gasteiger partial charge in [-0.15, -0.1) is 0 Å². The monoisotopic (exact) mass is 177 g/mol. The van der Waals surface area contributed by atoms with E-state index in [9.17, 15) is 4.79 Å². The number of carbonyl (C=O) groups excluding carboxylic acids is 1. The largest absolute Gasteiger partial charge is 0.294 e. The van der Waals surface area contributed by atoms with Gasteiger partial charge in [-0.2, -0.15) is 4.25 Å². The molecule has 0 heterocycles. The minimum Gasteiger partial charge on any atom is -0.294 e. The maximum Gasteiger partial charge on any atom is 0.291 e. The molecule has 1 rings (SSSR count). The van der Waals surface area contributed by atoms with Crippen LogP contribution in [0.4, 0.5) is 0 Å². The first-order chi connectivity index (χ1) is 5.75. The quantitative estimate of drug-likeness (QED) is 0.483. The molecule has 0 aliphatic heterocycles. The van der Waals surface area contributed by atoms with Crippen LogP contribution in [-0.2, 0) is 12.8 Å². The van der Waals surface area contributed by atoms with Crippen molar-refractivity contribution in [3.63, 3.8) is 0 Å². The van der Waals surface area contributed by atoms with Gasteiger partial charge in [-0.3, -0.25) is 17.6 Å². The lowest BCUT2D eigenvalue weighted by Gasteiger charge is -1.93. The molecule has 0 aromatic heterocycles. The van der Waals surface area contributed by atoms with Gasteiger partial charge in [0.15, 0.2) is 5.78 Å². The van der Waals surface area contributed by atoms with Crippen LogP contribution in [0.1, 0.15) is 22.8 Å². The Kier molecular flexibility index (Phi) is 2.78. The zero-order chi connectivity index (χ0) is 8.97. The first kappa shape index (κ1) is 8.69. The number of carbonyl (C=O) groups is 1. The van der Waals surface area contributed by atoms with Crippen LogP contribution in [0, 0.1) is 6.07 Å². The highest BCUT2D eigenvalue weighted by atomic mass is 32.1. The van der Waals surface area contributed by atoms with E-state index in [0.29, 0.717) is 11.1 Å². The molecule has 0 aliphatic carbocycles. The molecule has 2 nitrogen and oxygen atoms in total. The van der Waals surface area contributed by atoms with Crippen molar-refractivity contribution in [3.8, 4) is 6.07 Å². The van der Waals surface area contributed by atoms with E-state index in [1.165, 1.54) is 6.92 Å². The summed E-state index contributed by atoms with van der Waals surface area (Å²) in [6.07, 6.45) is 0. The minimum atomic E-state index is -0.00301.